The van der Waals surface area contributed by atoms with Crippen LogP contribution in [0, 0.1) is 11.3 Å². The number of nitriles is 1. The van der Waals surface area contributed by atoms with Crippen molar-refractivity contribution in [2.45, 2.75) is 32.9 Å². The van der Waals surface area contributed by atoms with Crippen molar-refractivity contribution in [2.75, 3.05) is 38.5 Å². The Morgan fingerprint density at radius 1 is 1.16 bits per heavy atom. The van der Waals surface area contributed by atoms with E-state index < -0.39 is 0 Å². The summed E-state index contributed by atoms with van der Waals surface area (Å²) in [5.41, 5.74) is 2.68. The minimum absolute atomic E-state index is 0.133. The topological polar surface area (TPSA) is 89.6 Å². The summed E-state index contributed by atoms with van der Waals surface area (Å²) in [5.74, 6) is 0.404. The third-order valence-corrected chi connectivity index (χ3v) is 5.55. The lowest BCUT2D eigenvalue weighted by Crippen LogP contribution is -2.43. The molecule has 0 bridgehead atoms. The summed E-state index contributed by atoms with van der Waals surface area (Å²) in [5, 5.41) is 16.9. The number of benzene rings is 1. The molecule has 0 spiro atoms. The van der Waals surface area contributed by atoms with Crippen LogP contribution in [-0.2, 0) is 6.54 Å². The summed E-state index contributed by atoms with van der Waals surface area (Å²) < 4.78 is 1.54. The Bertz CT molecular complexity index is 1160. The molecule has 2 aromatic heterocycles. The second-order valence-electron chi connectivity index (χ2n) is 9.41. The quantitative estimate of drug-likeness (QED) is 0.621. The fourth-order valence-electron chi connectivity index (χ4n) is 3.81. The van der Waals surface area contributed by atoms with Gasteiger partial charge in [-0.1, -0.05) is 24.3 Å². The van der Waals surface area contributed by atoms with Crippen molar-refractivity contribution in [3.8, 4) is 6.07 Å². The number of nitrogens with zero attached hydrogens (tertiary/aromatic N) is 6. The predicted molar refractivity (Wildman–Crippen MR) is 124 cm³/mol. The Morgan fingerprint density at radius 3 is 2.47 bits per heavy atom. The van der Waals surface area contributed by atoms with Gasteiger partial charge < -0.3 is 10.2 Å². The maximum Gasteiger partial charge on any atom is 0.198 e. The van der Waals surface area contributed by atoms with Crippen LogP contribution in [0.1, 0.15) is 48.0 Å². The molecule has 0 unspecified atom stereocenters. The van der Waals surface area contributed by atoms with E-state index in [2.05, 4.69) is 32.2 Å². The van der Waals surface area contributed by atoms with Crippen LogP contribution in [0.2, 0.25) is 0 Å². The van der Waals surface area contributed by atoms with Crippen molar-refractivity contribution < 1.29 is 4.79 Å². The second-order valence-corrected chi connectivity index (χ2v) is 9.41. The number of hydrogen-bond donors (Lipinski definition) is 1. The van der Waals surface area contributed by atoms with Crippen LogP contribution in [0.5, 0.6) is 0 Å². The van der Waals surface area contributed by atoms with E-state index >= 15 is 0 Å². The van der Waals surface area contributed by atoms with Gasteiger partial charge >= 0.3 is 0 Å². The number of anilines is 1. The largest absolute Gasteiger partial charge is 0.365 e. The van der Waals surface area contributed by atoms with E-state index in [9.17, 15) is 10.1 Å². The number of likely N-dealkylation sites (N-methyl/N-ethyl adjacent to an activating group) is 1. The van der Waals surface area contributed by atoms with E-state index in [-0.39, 0.29) is 17.0 Å². The number of nitrogens with one attached hydrogen (secondary N) is 1. The average molecular weight is 432 g/mol. The number of aromatic nitrogens is 3. The molecule has 1 aliphatic rings. The summed E-state index contributed by atoms with van der Waals surface area (Å²) in [6.07, 6.45) is 1.56. The molecule has 0 atom stereocenters. The zero-order chi connectivity index (χ0) is 22.9. The SMILES string of the molecule is CN1CCN(Cc2ccc(C(=O)c3cnc4cc(C#N)nn4c3NC(C)(C)C)cc2)CC1. The van der Waals surface area contributed by atoms with Crippen molar-refractivity contribution in [1.29, 1.82) is 5.26 Å². The maximum atomic E-state index is 13.4. The molecule has 4 rings (SSSR count). The van der Waals surface area contributed by atoms with Gasteiger partial charge in [0.05, 0.1) is 5.56 Å². The van der Waals surface area contributed by atoms with Crippen LogP contribution in [0.25, 0.3) is 5.65 Å². The lowest BCUT2D eigenvalue weighted by molar-refractivity contribution is 0.103. The molecular formula is C24H29N7O. The number of rotatable bonds is 5. The first-order chi connectivity index (χ1) is 15.2. The Kier molecular flexibility index (Phi) is 5.96. The Morgan fingerprint density at radius 2 is 1.84 bits per heavy atom. The molecular weight excluding hydrogens is 402 g/mol. The molecule has 1 aliphatic heterocycles. The molecule has 8 nitrogen and oxygen atoms in total. The molecule has 1 N–H and O–H groups in total. The van der Waals surface area contributed by atoms with Gasteiger partial charge in [-0.15, -0.1) is 0 Å². The highest BCUT2D eigenvalue weighted by molar-refractivity contribution is 6.12. The molecule has 0 radical (unpaired) electrons. The van der Waals surface area contributed by atoms with Crippen molar-refractivity contribution in [1.82, 2.24) is 24.4 Å². The van der Waals surface area contributed by atoms with Gasteiger partial charge in [-0.05, 0) is 33.4 Å². The third-order valence-electron chi connectivity index (χ3n) is 5.55. The molecule has 0 aliphatic carbocycles. The van der Waals surface area contributed by atoms with Crippen LogP contribution in [0.15, 0.2) is 36.5 Å². The zero-order valence-corrected chi connectivity index (χ0v) is 19.1. The lowest BCUT2D eigenvalue weighted by Gasteiger charge is -2.32. The molecule has 0 amide bonds. The molecule has 1 saturated heterocycles. The van der Waals surface area contributed by atoms with E-state index in [4.69, 9.17) is 0 Å². The third kappa shape index (κ3) is 4.79. The first-order valence-corrected chi connectivity index (χ1v) is 10.8. The molecule has 1 fully saturated rings. The summed E-state index contributed by atoms with van der Waals surface area (Å²) in [4.78, 5) is 22.5. The van der Waals surface area contributed by atoms with Gasteiger partial charge in [0.2, 0.25) is 0 Å². The van der Waals surface area contributed by atoms with Crippen LogP contribution in [0.4, 0.5) is 5.82 Å². The smallest absolute Gasteiger partial charge is 0.198 e. The number of fused-ring (bicyclic) bond motifs is 1. The van der Waals surface area contributed by atoms with Gasteiger partial charge in [-0.3, -0.25) is 9.69 Å². The summed E-state index contributed by atoms with van der Waals surface area (Å²) in [6.45, 7) is 11.2. The van der Waals surface area contributed by atoms with Crippen LogP contribution < -0.4 is 5.32 Å². The monoisotopic (exact) mass is 431 g/mol. The molecule has 32 heavy (non-hydrogen) atoms. The first kappa shape index (κ1) is 21.9. The highest BCUT2D eigenvalue weighted by Crippen LogP contribution is 2.24. The van der Waals surface area contributed by atoms with Crippen molar-refractivity contribution in [3.63, 3.8) is 0 Å². The number of hydrogen-bond acceptors (Lipinski definition) is 7. The molecule has 1 aromatic carbocycles. The van der Waals surface area contributed by atoms with E-state index in [1.165, 1.54) is 5.56 Å². The number of carbonyl (C=O) groups excluding carboxylic acids is 1. The van der Waals surface area contributed by atoms with Gasteiger partial charge in [0.1, 0.15) is 11.9 Å². The van der Waals surface area contributed by atoms with Crippen LogP contribution in [0.3, 0.4) is 0 Å². The normalized spacial score (nSPS) is 15.6. The number of piperazine rings is 1. The van der Waals surface area contributed by atoms with Crippen LogP contribution in [-0.4, -0.2) is 68.9 Å². The number of ketones is 1. The van der Waals surface area contributed by atoms with E-state index in [1.54, 1.807) is 16.8 Å². The zero-order valence-electron chi connectivity index (χ0n) is 19.1. The molecule has 3 heterocycles. The molecule has 3 aromatic rings. The molecule has 8 heteroatoms. The van der Waals surface area contributed by atoms with Gasteiger partial charge in [0, 0.05) is 56.1 Å². The minimum atomic E-state index is -0.311. The predicted octanol–water partition coefficient (Wildman–Crippen LogP) is 2.79. The Balaban J connectivity index is 1.61. The summed E-state index contributed by atoms with van der Waals surface area (Å²) >= 11 is 0. The minimum Gasteiger partial charge on any atom is -0.365 e. The number of carbonyl (C=O) groups is 1. The van der Waals surface area contributed by atoms with Crippen LogP contribution >= 0.6 is 0 Å². The van der Waals surface area contributed by atoms with E-state index in [0.717, 1.165) is 32.7 Å². The van der Waals surface area contributed by atoms with E-state index in [0.29, 0.717) is 22.6 Å². The highest BCUT2D eigenvalue weighted by atomic mass is 16.1. The van der Waals surface area contributed by atoms with Crippen molar-refractivity contribution in [3.05, 3.63) is 58.9 Å². The standard InChI is InChI=1S/C24H29N7O/c1-24(2,3)27-23-20(15-26-21-13-19(14-25)28-31(21)23)22(32)18-7-5-17(6-8-18)16-30-11-9-29(4)10-12-30/h5-8,13,15,27H,9-12,16H2,1-4H3. The van der Waals surface area contributed by atoms with Gasteiger partial charge in [0.15, 0.2) is 17.1 Å². The molecule has 0 saturated carbocycles. The summed E-state index contributed by atoms with van der Waals surface area (Å²) in [6, 6.07) is 11.4. The fourth-order valence-corrected chi connectivity index (χ4v) is 3.81. The van der Waals surface area contributed by atoms with E-state index in [1.807, 2.05) is 51.1 Å². The maximum absolute atomic E-state index is 13.4. The van der Waals surface area contributed by atoms with Crippen molar-refractivity contribution in [2.24, 2.45) is 0 Å². The van der Waals surface area contributed by atoms with Gasteiger partial charge in [0.25, 0.3) is 0 Å². The first-order valence-electron chi connectivity index (χ1n) is 10.8. The molecule has 166 valence electrons. The lowest BCUT2D eigenvalue weighted by atomic mass is 10.0. The fraction of sp³-hybridized carbons (Fsp3) is 0.417. The Hall–Kier alpha value is -3.28. The average Bonchev–Trinajstić information content (AvgIpc) is 3.19. The summed E-state index contributed by atoms with van der Waals surface area (Å²) in [7, 11) is 2.15. The van der Waals surface area contributed by atoms with Gasteiger partial charge in [-0.25, -0.2) is 4.98 Å². The second kappa shape index (κ2) is 8.69. The Labute approximate surface area is 188 Å². The van der Waals surface area contributed by atoms with Crippen molar-refractivity contribution >= 4 is 17.2 Å². The highest BCUT2D eigenvalue weighted by Gasteiger charge is 2.23. The van der Waals surface area contributed by atoms with Gasteiger partial charge in [-0.2, -0.15) is 14.9 Å².